The number of hydrogen-bond donors (Lipinski definition) is 2. The summed E-state index contributed by atoms with van der Waals surface area (Å²) in [6.07, 6.45) is -1.63. The Balaban J connectivity index is 2.13. The molecule has 2 aromatic rings. The molecule has 12 heteroatoms. The van der Waals surface area contributed by atoms with Crippen LogP contribution in [0.25, 0.3) is 0 Å². The monoisotopic (exact) mass is 474 g/mol. The zero-order valence-corrected chi connectivity index (χ0v) is 18.1. The van der Waals surface area contributed by atoms with Crippen molar-refractivity contribution in [1.82, 2.24) is 5.32 Å². The van der Waals surface area contributed by atoms with Crippen molar-refractivity contribution in [2.75, 3.05) is 19.0 Å². The average Bonchev–Trinajstić information content (AvgIpc) is 3.39. The lowest BCUT2D eigenvalue weighted by molar-refractivity contribution is -0.204. The predicted octanol–water partition coefficient (Wildman–Crippen LogP) is 3.67. The Kier molecular flexibility index (Phi) is 6.82. The van der Waals surface area contributed by atoms with E-state index < -0.39 is 35.4 Å². The molecule has 1 amide bonds. The second kappa shape index (κ2) is 9.23. The molecule has 174 valence electrons. The van der Waals surface area contributed by atoms with Crippen LogP contribution in [0.4, 0.5) is 18.2 Å². The molecule has 0 spiro atoms. The number of methoxy groups -OCH3 is 1. The van der Waals surface area contributed by atoms with Crippen molar-refractivity contribution < 1.29 is 41.4 Å². The summed E-state index contributed by atoms with van der Waals surface area (Å²) in [5.74, 6) is -4.36. The largest absolute Gasteiger partial charge is 0.465 e. The van der Waals surface area contributed by atoms with Crippen LogP contribution in [0.15, 0.2) is 22.8 Å². The van der Waals surface area contributed by atoms with E-state index in [1.54, 1.807) is 5.32 Å². The third-order valence-electron chi connectivity index (χ3n) is 4.91. The van der Waals surface area contributed by atoms with Gasteiger partial charge in [-0.15, -0.1) is 11.3 Å². The van der Waals surface area contributed by atoms with E-state index >= 15 is 0 Å². The number of ether oxygens (including phenoxy) is 2. The van der Waals surface area contributed by atoms with Crippen LogP contribution in [0.3, 0.4) is 0 Å². The molecule has 2 aromatic heterocycles. The smallest absolute Gasteiger partial charge is 0.441 e. The lowest BCUT2D eigenvalue weighted by Crippen LogP contribution is -2.69. The molecule has 0 radical (unpaired) electrons. The molecular formula is C20H21F3N2O6S. The van der Waals surface area contributed by atoms with E-state index in [1.807, 2.05) is 0 Å². The summed E-state index contributed by atoms with van der Waals surface area (Å²) < 4.78 is 57.6. The van der Waals surface area contributed by atoms with Crippen LogP contribution in [0.2, 0.25) is 0 Å². The van der Waals surface area contributed by atoms with Crippen molar-refractivity contribution in [1.29, 1.82) is 0 Å². The van der Waals surface area contributed by atoms with Gasteiger partial charge in [0.05, 0.1) is 25.5 Å². The molecule has 0 aromatic carbocycles. The highest BCUT2D eigenvalue weighted by Crippen LogP contribution is 2.42. The van der Waals surface area contributed by atoms with Gasteiger partial charge in [-0.05, 0) is 50.3 Å². The van der Waals surface area contributed by atoms with Crippen LogP contribution in [0.5, 0.6) is 0 Å². The number of halogens is 3. The number of thiophene rings is 1. The van der Waals surface area contributed by atoms with E-state index in [2.05, 4.69) is 10.1 Å². The van der Waals surface area contributed by atoms with Crippen molar-refractivity contribution in [2.24, 2.45) is 0 Å². The molecule has 0 fully saturated rings. The minimum Gasteiger partial charge on any atom is -0.465 e. The second-order valence-electron chi connectivity index (χ2n) is 6.93. The van der Waals surface area contributed by atoms with Gasteiger partial charge in [-0.2, -0.15) is 13.2 Å². The molecule has 2 N–H and O–H groups in total. The van der Waals surface area contributed by atoms with Gasteiger partial charge >= 0.3 is 23.8 Å². The fraction of sp³-hybridized carbons (Fsp3) is 0.450. The van der Waals surface area contributed by atoms with Crippen LogP contribution < -0.4 is 10.6 Å². The third kappa shape index (κ3) is 4.31. The van der Waals surface area contributed by atoms with Crippen LogP contribution in [0, 0.1) is 0 Å². The first-order valence-electron chi connectivity index (χ1n) is 9.75. The SMILES string of the molecule is CCOC(=O)C(NC(=O)c1ccco1)(Nc1sc2c(c1C(=O)OC)CCCC2)C(F)(F)F. The van der Waals surface area contributed by atoms with Gasteiger partial charge in [0, 0.05) is 4.88 Å². The number of fused-ring (bicyclic) bond motifs is 1. The number of aryl methyl sites for hydroxylation is 1. The standard InChI is InChI=1S/C20H21F3N2O6S/c1-3-30-18(28)19(20(21,22)23,24-15(26)12-8-6-10-31-12)25-16-14(17(27)29-2)11-7-4-5-9-13(11)32-16/h6,8,10,25H,3-5,7,9H2,1-2H3,(H,24,26). The molecule has 1 aliphatic rings. The summed E-state index contributed by atoms with van der Waals surface area (Å²) in [5, 5.41) is 3.54. The van der Waals surface area contributed by atoms with Crippen LogP contribution >= 0.6 is 11.3 Å². The number of hydrogen-bond acceptors (Lipinski definition) is 8. The summed E-state index contributed by atoms with van der Waals surface area (Å²) in [7, 11) is 1.11. The number of anilines is 1. The molecule has 0 saturated carbocycles. The van der Waals surface area contributed by atoms with Crippen molar-refractivity contribution in [3.63, 3.8) is 0 Å². The van der Waals surface area contributed by atoms with E-state index in [0.29, 0.717) is 18.4 Å². The third-order valence-corrected chi connectivity index (χ3v) is 6.12. The van der Waals surface area contributed by atoms with Crippen molar-refractivity contribution in [3.8, 4) is 0 Å². The maximum absolute atomic E-state index is 14.4. The average molecular weight is 474 g/mol. The molecule has 32 heavy (non-hydrogen) atoms. The van der Waals surface area contributed by atoms with Gasteiger partial charge < -0.3 is 24.5 Å². The minimum atomic E-state index is -5.35. The van der Waals surface area contributed by atoms with Crippen molar-refractivity contribution in [2.45, 2.75) is 44.4 Å². The first-order valence-corrected chi connectivity index (χ1v) is 10.6. The summed E-state index contributed by atoms with van der Waals surface area (Å²) >= 11 is 0.914. The maximum Gasteiger partial charge on any atom is 0.441 e. The molecule has 3 rings (SSSR count). The number of alkyl halides is 3. The highest BCUT2D eigenvalue weighted by Gasteiger charge is 2.64. The summed E-state index contributed by atoms with van der Waals surface area (Å²) in [4.78, 5) is 38.3. The number of carbonyl (C=O) groups is 3. The number of nitrogens with one attached hydrogen (secondary N) is 2. The molecule has 1 unspecified atom stereocenters. The zero-order chi connectivity index (χ0) is 23.5. The van der Waals surface area contributed by atoms with Crippen LogP contribution in [-0.2, 0) is 27.1 Å². The highest BCUT2D eigenvalue weighted by molar-refractivity contribution is 7.16. The summed E-state index contributed by atoms with van der Waals surface area (Å²) in [5.41, 5.74) is -3.19. The Morgan fingerprint density at radius 1 is 1.22 bits per heavy atom. The molecule has 1 aliphatic carbocycles. The van der Waals surface area contributed by atoms with Gasteiger partial charge in [0.1, 0.15) is 5.00 Å². The number of amides is 1. The van der Waals surface area contributed by atoms with Gasteiger partial charge in [0.15, 0.2) is 5.76 Å². The van der Waals surface area contributed by atoms with Gasteiger partial charge in [-0.1, -0.05) is 0 Å². The Hall–Kier alpha value is -3.02. The molecule has 8 nitrogen and oxygen atoms in total. The highest BCUT2D eigenvalue weighted by atomic mass is 32.1. The zero-order valence-electron chi connectivity index (χ0n) is 17.3. The minimum absolute atomic E-state index is 0.0858. The maximum atomic E-state index is 14.4. The number of furan rings is 1. The Labute approximate surface area is 185 Å². The van der Waals surface area contributed by atoms with Crippen molar-refractivity contribution >= 4 is 34.2 Å². The van der Waals surface area contributed by atoms with Gasteiger partial charge in [-0.3, -0.25) is 4.79 Å². The molecule has 1 atom stereocenters. The van der Waals surface area contributed by atoms with Gasteiger partial charge in [0.2, 0.25) is 0 Å². The van der Waals surface area contributed by atoms with E-state index in [4.69, 9.17) is 9.15 Å². The number of rotatable bonds is 7. The van der Waals surface area contributed by atoms with Gasteiger partial charge in [-0.25, -0.2) is 9.59 Å². The Morgan fingerprint density at radius 3 is 2.53 bits per heavy atom. The first-order chi connectivity index (χ1) is 15.1. The first kappa shape index (κ1) is 23.6. The molecule has 0 saturated heterocycles. The van der Waals surface area contributed by atoms with E-state index in [0.717, 1.165) is 48.5 Å². The quantitative estimate of drug-likeness (QED) is 0.466. The fourth-order valence-corrected chi connectivity index (χ4v) is 4.74. The lowest BCUT2D eigenvalue weighted by atomic mass is 9.95. The molecular weight excluding hydrogens is 453 g/mol. The van der Waals surface area contributed by atoms with Crippen LogP contribution in [-0.4, -0.2) is 43.4 Å². The van der Waals surface area contributed by atoms with Crippen molar-refractivity contribution in [3.05, 3.63) is 40.2 Å². The fourth-order valence-electron chi connectivity index (χ4n) is 3.41. The second-order valence-corrected chi connectivity index (χ2v) is 8.04. The van der Waals surface area contributed by atoms with Crippen LogP contribution in [0.1, 0.15) is 51.1 Å². The molecule has 2 heterocycles. The summed E-state index contributed by atoms with van der Waals surface area (Å²) in [6.45, 7) is 0.955. The van der Waals surface area contributed by atoms with E-state index in [-0.39, 0.29) is 17.2 Å². The predicted molar refractivity (Wildman–Crippen MR) is 108 cm³/mol. The lowest BCUT2D eigenvalue weighted by Gasteiger charge is -2.34. The van der Waals surface area contributed by atoms with Gasteiger partial charge in [0.25, 0.3) is 5.91 Å². The number of esters is 2. The summed E-state index contributed by atoms with van der Waals surface area (Å²) in [6, 6.07) is 2.45. The Morgan fingerprint density at radius 2 is 1.94 bits per heavy atom. The van der Waals surface area contributed by atoms with E-state index in [9.17, 15) is 27.6 Å². The Bertz CT molecular complexity index is 1000. The molecule has 0 bridgehead atoms. The van der Waals surface area contributed by atoms with E-state index in [1.165, 1.54) is 13.0 Å². The topological polar surface area (TPSA) is 107 Å². The molecule has 0 aliphatic heterocycles. The normalized spacial score (nSPS) is 15.3. The number of carbonyl (C=O) groups excluding carboxylic acids is 3.